The number of nitrogens with one attached hydrogen (secondary N) is 1. The van der Waals surface area contributed by atoms with E-state index in [4.69, 9.17) is 9.26 Å². The second kappa shape index (κ2) is 7.14. The molecule has 1 aliphatic carbocycles. The van der Waals surface area contributed by atoms with Crippen molar-refractivity contribution in [2.75, 3.05) is 4.72 Å². The van der Waals surface area contributed by atoms with Crippen LogP contribution in [0.4, 0.5) is 14.5 Å². The molecular formula is C20H18F2N2O4S. The van der Waals surface area contributed by atoms with Gasteiger partial charge in [-0.05, 0) is 57.0 Å². The maximum atomic E-state index is 14.1. The lowest BCUT2D eigenvalue weighted by Crippen LogP contribution is -2.17. The van der Waals surface area contributed by atoms with Crippen molar-refractivity contribution >= 4 is 15.7 Å². The molecule has 0 atom stereocenters. The molecule has 0 spiro atoms. The van der Waals surface area contributed by atoms with Gasteiger partial charge in [0.25, 0.3) is 0 Å². The summed E-state index contributed by atoms with van der Waals surface area (Å²) in [4.78, 5) is 0. The number of anilines is 1. The minimum Gasteiger partial charge on any atom is -0.454 e. The van der Waals surface area contributed by atoms with Crippen molar-refractivity contribution in [1.29, 1.82) is 0 Å². The number of hydrogen-bond donors (Lipinski definition) is 1. The van der Waals surface area contributed by atoms with Crippen LogP contribution in [0.3, 0.4) is 0 Å². The summed E-state index contributed by atoms with van der Waals surface area (Å²) in [7, 11) is -3.46. The maximum absolute atomic E-state index is 14.1. The zero-order chi connectivity index (χ0) is 20.8. The summed E-state index contributed by atoms with van der Waals surface area (Å²) in [5, 5.41) is 3.54. The molecule has 3 aromatic rings. The Bertz CT molecular complexity index is 1170. The largest absolute Gasteiger partial charge is 0.454 e. The van der Waals surface area contributed by atoms with Crippen molar-refractivity contribution in [3.8, 4) is 22.6 Å². The molecule has 9 heteroatoms. The summed E-state index contributed by atoms with van der Waals surface area (Å²) in [5.41, 5.74) is 1.99. The van der Waals surface area contributed by atoms with Gasteiger partial charge in [-0.25, -0.2) is 17.2 Å². The van der Waals surface area contributed by atoms with E-state index < -0.39 is 21.7 Å². The van der Waals surface area contributed by atoms with Crippen LogP contribution in [0.2, 0.25) is 0 Å². The Morgan fingerprint density at radius 1 is 1.10 bits per heavy atom. The Hall–Kier alpha value is -2.94. The highest BCUT2D eigenvalue weighted by molar-refractivity contribution is 7.93. The number of nitrogens with zero attached hydrogens (tertiary/aromatic N) is 1. The lowest BCUT2D eigenvalue weighted by molar-refractivity contribution is 0.393. The van der Waals surface area contributed by atoms with E-state index in [0.717, 1.165) is 12.1 Å². The van der Waals surface area contributed by atoms with Gasteiger partial charge in [-0.15, -0.1) is 0 Å². The van der Waals surface area contributed by atoms with Crippen molar-refractivity contribution in [2.24, 2.45) is 0 Å². The number of aromatic nitrogens is 1. The van der Waals surface area contributed by atoms with Crippen LogP contribution in [0.5, 0.6) is 11.5 Å². The first-order valence-corrected chi connectivity index (χ1v) is 10.5. The van der Waals surface area contributed by atoms with Gasteiger partial charge in [0.15, 0.2) is 11.6 Å². The zero-order valence-electron chi connectivity index (χ0n) is 15.7. The molecule has 1 saturated carbocycles. The highest BCUT2D eigenvalue weighted by Crippen LogP contribution is 2.40. The third-order valence-electron chi connectivity index (χ3n) is 4.62. The van der Waals surface area contributed by atoms with Crippen molar-refractivity contribution in [1.82, 2.24) is 5.16 Å². The van der Waals surface area contributed by atoms with Gasteiger partial charge in [0.05, 0.1) is 16.5 Å². The number of halogens is 2. The molecule has 0 unspecified atom stereocenters. The maximum Gasteiger partial charge on any atom is 0.235 e. The van der Waals surface area contributed by atoms with Crippen LogP contribution < -0.4 is 9.46 Å². The number of rotatable bonds is 6. The Balaban J connectivity index is 1.78. The molecule has 2 aromatic carbocycles. The SMILES string of the molecule is Cc1noc(C)c1-c1cc(NS(=O)(=O)C2CC2)ccc1Oc1ccc(F)cc1F. The quantitative estimate of drug-likeness (QED) is 0.611. The highest BCUT2D eigenvalue weighted by Gasteiger charge is 2.35. The molecule has 0 saturated heterocycles. The van der Waals surface area contributed by atoms with Crippen LogP contribution in [0, 0.1) is 25.5 Å². The third kappa shape index (κ3) is 3.95. The van der Waals surface area contributed by atoms with E-state index in [1.165, 1.54) is 18.2 Å². The highest BCUT2D eigenvalue weighted by atomic mass is 32.2. The third-order valence-corrected chi connectivity index (χ3v) is 6.49. The molecule has 1 fully saturated rings. The Morgan fingerprint density at radius 2 is 1.83 bits per heavy atom. The summed E-state index contributed by atoms with van der Waals surface area (Å²) in [6, 6.07) is 7.64. The molecule has 6 nitrogen and oxygen atoms in total. The summed E-state index contributed by atoms with van der Waals surface area (Å²) < 4.78 is 65.3. The average molecular weight is 420 g/mol. The molecule has 0 radical (unpaired) electrons. The number of aryl methyl sites for hydroxylation is 2. The fourth-order valence-corrected chi connectivity index (χ4v) is 4.43. The number of benzene rings is 2. The van der Waals surface area contributed by atoms with Gasteiger partial charge < -0.3 is 9.26 Å². The van der Waals surface area contributed by atoms with Crippen LogP contribution >= 0.6 is 0 Å². The number of sulfonamides is 1. The summed E-state index contributed by atoms with van der Waals surface area (Å²) in [6.07, 6.45) is 1.27. The predicted molar refractivity (Wildman–Crippen MR) is 103 cm³/mol. The standard InChI is InChI=1S/C20H18F2N2O4S/c1-11-20(12(2)28-23-11)16-10-14(24-29(25,26)15-5-6-15)4-8-18(16)27-19-7-3-13(21)9-17(19)22/h3-4,7-10,15,24H,5-6H2,1-2H3. The van der Waals surface area contributed by atoms with Gasteiger partial charge in [-0.3, -0.25) is 4.72 Å². The Labute approximate surface area is 166 Å². The Kier molecular flexibility index (Phi) is 4.77. The van der Waals surface area contributed by atoms with E-state index in [1.54, 1.807) is 19.9 Å². The van der Waals surface area contributed by atoms with E-state index in [0.29, 0.717) is 41.1 Å². The van der Waals surface area contributed by atoms with Gasteiger partial charge in [0, 0.05) is 17.3 Å². The van der Waals surface area contributed by atoms with Gasteiger partial charge in [0.2, 0.25) is 10.0 Å². The lowest BCUT2D eigenvalue weighted by Gasteiger charge is -2.14. The van der Waals surface area contributed by atoms with Crippen LogP contribution in [0.25, 0.3) is 11.1 Å². The predicted octanol–water partition coefficient (Wildman–Crippen LogP) is 4.93. The Morgan fingerprint density at radius 3 is 2.45 bits per heavy atom. The van der Waals surface area contributed by atoms with Crippen molar-refractivity contribution in [3.05, 3.63) is 59.5 Å². The molecule has 1 N–H and O–H groups in total. The minimum atomic E-state index is -3.46. The van der Waals surface area contributed by atoms with E-state index in [-0.39, 0.29) is 16.7 Å². The van der Waals surface area contributed by atoms with E-state index in [9.17, 15) is 17.2 Å². The number of hydrogen-bond acceptors (Lipinski definition) is 5. The van der Waals surface area contributed by atoms with Gasteiger partial charge in [-0.2, -0.15) is 0 Å². The van der Waals surface area contributed by atoms with E-state index in [2.05, 4.69) is 9.88 Å². The summed E-state index contributed by atoms with van der Waals surface area (Å²) in [5.74, 6) is -0.988. The molecule has 1 aliphatic rings. The van der Waals surface area contributed by atoms with Crippen LogP contribution in [-0.2, 0) is 10.0 Å². The fraction of sp³-hybridized carbons (Fsp3) is 0.250. The monoisotopic (exact) mass is 420 g/mol. The molecule has 0 bridgehead atoms. The second-order valence-corrected chi connectivity index (χ2v) is 8.89. The van der Waals surface area contributed by atoms with Crippen LogP contribution in [0.15, 0.2) is 40.9 Å². The molecule has 29 heavy (non-hydrogen) atoms. The topological polar surface area (TPSA) is 81.4 Å². The van der Waals surface area contributed by atoms with E-state index >= 15 is 0 Å². The molecular weight excluding hydrogens is 402 g/mol. The van der Waals surface area contributed by atoms with Crippen LogP contribution in [-0.4, -0.2) is 18.8 Å². The van der Waals surface area contributed by atoms with Crippen LogP contribution in [0.1, 0.15) is 24.3 Å². The zero-order valence-corrected chi connectivity index (χ0v) is 16.5. The second-order valence-electron chi connectivity index (χ2n) is 6.93. The van der Waals surface area contributed by atoms with Crippen molar-refractivity contribution < 1.29 is 26.5 Å². The summed E-state index contributed by atoms with van der Waals surface area (Å²) >= 11 is 0. The smallest absolute Gasteiger partial charge is 0.235 e. The number of ether oxygens (including phenoxy) is 1. The first kappa shape index (κ1) is 19.4. The van der Waals surface area contributed by atoms with Crippen molar-refractivity contribution in [3.63, 3.8) is 0 Å². The molecule has 152 valence electrons. The van der Waals surface area contributed by atoms with E-state index in [1.807, 2.05) is 0 Å². The normalized spacial score (nSPS) is 14.1. The first-order chi connectivity index (χ1) is 13.7. The van der Waals surface area contributed by atoms with Gasteiger partial charge >= 0.3 is 0 Å². The lowest BCUT2D eigenvalue weighted by atomic mass is 10.0. The first-order valence-electron chi connectivity index (χ1n) is 8.96. The van der Waals surface area contributed by atoms with Crippen molar-refractivity contribution in [2.45, 2.75) is 31.9 Å². The average Bonchev–Trinajstić information content (AvgIpc) is 3.45. The molecule has 1 aromatic heterocycles. The molecule has 0 aliphatic heterocycles. The summed E-state index contributed by atoms with van der Waals surface area (Å²) in [6.45, 7) is 3.44. The molecule has 1 heterocycles. The fourth-order valence-electron chi connectivity index (χ4n) is 3.05. The van der Waals surface area contributed by atoms with Gasteiger partial charge in [-0.1, -0.05) is 5.16 Å². The van der Waals surface area contributed by atoms with Gasteiger partial charge in [0.1, 0.15) is 17.3 Å². The molecule has 0 amide bonds. The molecule has 4 rings (SSSR count). The minimum absolute atomic E-state index is 0.161.